The molecule has 1 aliphatic carbocycles. The van der Waals surface area contributed by atoms with Crippen LogP contribution in [0.1, 0.15) is 37.3 Å². The van der Waals surface area contributed by atoms with E-state index in [-0.39, 0.29) is 0 Å². The summed E-state index contributed by atoms with van der Waals surface area (Å²) in [6.45, 7) is 4.21. The van der Waals surface area contributed by atoms with Gasteiger partial charge in [0.05, 0.1) is 0 Å². The van der Waals surface area contributed by atoms with Crippen LogP contribution in [-0.2, 0) is 17.8 Å². The molecule has 0 spiro atoms. The fourth-order valence-corrected chi connectivity index (χ4v) is 4.30. The van der Waals surface area contributed by atoms with Gasteiger partial charge in [0, 0.05) is 32.6 Å². The van der Waals surface area contributed by atoms with Gasteiger partial charge in [-0.1, -0.05) is 31.2 Å². The summed E-state index contributed by atoms with van der Waals surface area (Å²) in [4.78, 5) is 16.3. The van der Waals surface area contributed by atoms with Gasteiger partial charge >= 0.3 is 0 Å². The third-order valence-corrected chi connectivity index (χ3v) is 5.73. The first kappa shape index (κ1) is 15.5. The van der Waals surface area contributed by atoms with E-state index in [4.69, 9.17) is 0 Å². The number of benzene rings is 1. The molecule has 1 aromatic carbocycles. The molecular formula is C19H28N2O. The highest BCUT2D eigenvalue weighted by Gasteiger charge is 2.41. The zero-order valence-electron chi connectivity index (χ0n) is 14.1. The summed E-state index contributed by atoms with van der Waals surface area (Å²) in [6.07, 6.45) is 4.29. The third-order valence-electron chi connectivity index (χ3n) is 5.73. The van der Waals surface area contributed by atoms with Crippen LogP contribution in [0.5, 0.6) is 0 Å². The maximum atomic E-state index is 11.9. The molecule has 2 aliphatic rings. The topological polar surface area (TPSA) is 23.6 Å². The lowest BCUT2D eigenvalue weighted by Gasteiger charge is -2.31. The van der Waals surface area contributed by atoms with Gasteiger partial charge in [-0.05, 0) is 49.3 Å². The van der Waals surface area contributed by atoms with E-state index in [1.54, 1.807) is 0 Å². The van der Waals surface area contributed by atoms with E-state index in [9.17, 15) is 4.79 Å². The number of carbonyl (C=O) groups excluding carboxylic acids is 1. The SMILES string of the molecule is CCc1ccccc1CN(C)[C@@H]1C[C@@H]2CC(=O)N(C)C[C@@H]2C1. The van der Waals surface area contributed by atoms with Crippen LogP contribution in [0.2, 0.25) is 0 Å². The Hall–Kier alpha value is -1.35. The lowest BCUT2D eigenvalue weighted by atomic mass is 9.88. The zero-order chi connectivity index (χ0) is 15.7. The molecule has 3 heteroatoms. The van der Waals surface area contributed by atoms with Crippen molar-refractivity contribution in [3.05, 3.63) is 35.4 Å². The summed E-state index contributed by atoms with van der Waals surface area (Å²) in [6, 6.07) is 9.40. The molecule has 0 N–H and O–H groups in total. The maximum absolute atomic E-state index is 11.9. The van der Waals surface area contributed by atoms with Crippen LogP contribution in [0.4, 0.5) is 0 Å². The number of nitrogens with zero attached hydrogens (tertiary/aromatic N) is 2. The second-order valence-electron chi connectivity index (χ2n) is 7.16. The van der Waals surface area contributed by atoms with Crippen LogP contribution in [0.3, 0.4) is 0 Å². The molecule has 0 bridgehead atoms. The summed E-state index contributed by atoms with van der Waals surface area (Å²) in [7, 11) is 4.20. The van der Waals surface area contributed by atoms with Crippen molar-refractivity contribution in [2.75, 3.05) is 20.6 Å². The van der Waals surface area contributed by atoms with Gasteiger partial charge in [-0.25, -0.2) is 0 Å². The molecule has 1 heterocycles. The van der Waals surface area contributed by atoms with Gasteiger partial charge in [-0.3, -0.25) is 9.69 Å². The Labute approximate surface area is 134 Å². The number of hydrogen-bond acceptors (Lipinski definition) is 2. The van der Waals surface area contributed by atoms with E-state index < -0.39 is 0 Å². The normalized spacial score (nSPS) is 28.3. The summed E-state index contributed by atoms with van der Waals surface area (Å²) in [5, 5.41) is 0. The molecule has 3 atom stereocenters. The van der Waals surface area contributed by atoms with Crippen molar-refractivity contribution in [3.8, 4) is 0 Å². The highest BCUT2D eigenvalue weighted by atomic mass is 16.2. The molecule has 120 valence electrons. The van der Waals surface area contributed by atoms with E-state index in [0.29, 0.717) is 23.8 Å². The lowest BCUT2D eigenvalue weighted by Crippen LogP contribution is -2.39. The quantitative estimate of drug-likeness (QED) is 0.853. The molecule has 3 nitrogen and oxygen atoms in total. The monoisotopic (exact) mass is 300 g/mol. The number of rotatable bonds is 4. The van der Waals surface area contributed by atoms with Gasteiger partial charge in [0.2, 0.25) is 5.91 Å². The summed E-state index contributed by atoms with van der Waals surface area (Å²) >= 11 is 0. The van der Waals surface area contributed by atoms with Crippen molar-refractivity contribution < 1.29 is 4.79 Å². The molecule has 1 saturated carbocycles. The largest absolute Gasteiger partial charge is 0.345 e. The van der Waals surface area contributed by atoms with E-state index >= 15 is 0 Å². The van der Waals surface area contributed by atoms with Crippen molar-refractivity contribution in [1.82, 2.24) is 9.80 Å². The second kappa shape index (κ2) is 6.41. The predicted octanol–water partition coefficient (Wildman–Crippen LogP) is 2.94. The van der Waals surface area contributed by atoms with Crippen molar-refractivity contribution in [2.24, 2.45) is 11.8 Å². The second-order valence-corrected chi connectivity index (χ2v) is 7.16. The van der Waals surface area contributed by atoms with Crippen LogP contribution in [-0.4, -0.2) is 42.4 Å². The number of hydrogen-bond donors (Lipinski definition) is 0. The molecule has 2 fully saturated rings. The van der Waals surface area contributed by atoms with Crippen LogP contribution in [0.15, 0.2) is 24.3 Å². The average molecular weight is 300 g/mol. The molecule has 22 heavy (non-hydrogen) atoms. The summed E-state index contributed by atoms with van der Waals surface area (Å²) in [5.74, 6) is 1.65. The lowest BCUT2D eigenvalue weighted by molar-refractivity contribution is -0.134. The smallest absolute Gasteiger partial charge is 0.222 e. The van der Waals surface area contributed by atoms with E-state index in [0.717, 1.165) is 25.9 Å². The first-order valence-electron chi connectivity index (χ1n) is 8.59. The first-order valence-corrected chi connectivity index (χ1v) is 8.59. The average Bonchev–Trinajstić information content (AvgIpc) is 2.91. The van der Waals surface area contributed by atoms with Crippen molar-refractivity contribution in [1.29, 1.82) is 0 Å². The minimum atomic E-state index is 0.334. The summed E-state index contributed by atoms with van der Waals surface area (Å²) < 4.78 is 0. The van der Waals surface area contributed by atoms with E-state index in [1.807, 2.05) is 11.9 Å². The number of amides is 1. The number of piperidine rings is 1. The van der Waals surface area contributed by atoms with Gasteiger partial charge in [-0.2, -0.15) is 0 Å². The van der Waals surface area contributed by atoms with Gasteiger partial charge in [-0.15, -0.1) is 0 Å². The molecule has 3 rings (SSSR count). The molecule has 0 unspecified atom stereocenters. The Balaban J connectivity index is 1.64. The Morgan fingerprint density at radius 1 is 1.18 bits per heavy atom. The van der Waals surface area contributed by atoms with Gasteiger partial charge in [0.1, 0.15) is 0 Å². The Kier molecular flexibility index (Phi) is 4.53. The van der Waals surface area contributed by atoms with Crippen molar-refractivity contribution in [3.63, 3.8) is 0 Å². The molecule has 0 aromatic heterocycles. The van der Waals surface area contributed by atoms with E-state index in [2.05, 4.69) is 43.1 Å². The van der Waals surface area contributed by atoms with Crippen LogP contribution in [0, 0.1) is 11.8 Å². The van der Waals surface area contributed by atoms with Gasteiger partial charge < -0.3 is 4.90 Å². The highest BCUT2D eigenvalue weighted by Crippen LogP contribution is 2.40. The van der Waals surface area contributed by atoms with Gasteiger partial charge in [0.25, 0.3) is 0 Å². The van der Waals surface area contributed by atoms with E-state index in [1.165, 1.54) is 24.0 Å². The number of carbonyl (C=O) groups is 1. The van der Waals surface area contributed by atoms with Gasteiger partial charge in [0.15, 0.2) is 0 Å². The molecule has 1 saturated heterocycles. The van der Waals surface area contributed by atoms with Crippen LogP contribution >= 0.6 is 0 Å². The molecule has 1 aliphatic heterocycles. The zero-order valence-corrected chi connectivity index (χ0v) is 14.1. The Bertz CT molecular complexity index is 542. The number of aryl methyl sites for hydroxylation is 1. The highest BCUT2D eigenvalue weighted by molar-refractivity contribution is 5.77. The molecule has 0 radical (unpaired) electrons. The van der Waals surface area contributed by atoms with Crippen molar-refractivity contribution >= 4 is 5.91 Å². The Morgan fingerprint density at radius 2 is 1.86 bits per heavy atom. The minimum Gasteiger partial charge on any atom is -0.345 e. The predicted molar refractivity (Wildman–Crippen MR) is 89.5 cm³/mol. The fourth-order valence-electron chi connectivity index (χ4n) is 4.30. The fraction of sp³-hybridized carbons (Fsp3) is 0.632. The molecular weight excluding hydrogens is 272 g/mol. The molecule has 1 amide bonds. The third kappa shape index (κ3) is 3.05. The minimum absolute atomic E-state index is 0.334. The van der Waals surface area contributed by atoms with Crippen LogP contribution < -0.4 is 0 Å². The standard InChI is InChI=1S/C19H28N2O/c1-4-14-7-5-6-8-15(14)12-20(2)18-9-16-11-19(22)21(3)13-17(16)10-18/h5-8,16-18H,4,9-13H2,1-3H3/t16-,17+,18-/m1/s1. The maximum Gasteiger partial charge on any atom is 0.222 e. The Morgan fingerprint density at radius 3 is 2.59 bits per heavy atom. The number of likely N-dealkylation sites (tertiary alicyclic amines) is 1. The number of fused-ring (bicyclic) bond motifs is 1. The van der Waals surface area contributed by atoms with Crippen molar-refractivity contribution in [2.45, 2.75) is 45.2 Å². The summed E-state index contributed by atoms with van der Waals surface area (Å²) in [5.41, 5.74) is 2.91. The first-order chi connectivity index (χ1) is 10.6. The molecule has 1 aromatic rings. The van der Waals surface area contributed by atoms with Crippen LogP contribution in [0.25, 0.3) is 0 Å².